The van der Waals surface area contributed by atoms with Crippen LogP contribution in [-0.2, 0) is 17.8 Å². The average Bonchev–Trinajstić information content (AvgIpc) is 3.25. The molecule has 5 nitrogen and oxygen atoms in total. The molecule has 0 atom stereocenters. The Morgan fingerprint density at radius 3 is 2.62 bits per heavy atom. The number of amides is 1. The van der Waals surface area contributed by atoms with Crippen molar-refractivity contribution >= 4 is 22.9 Å². The van der Waals surface area contributed by atoms with E-state index < -0.39 is 0 Å². The standard InChI is InChI=1S/C26H32N4OS/c1-4-30(24-10-5-7-20(2)15-24)25(31)17-23-19-32-26(27-23)22-9-6-8-21(16-22)18-29-13-11-28(3)12-14-29/h5-10,15-16,19H,4,11-14,17-18H2,1-3H3. The summed E-state index contributed by atoms with van der Waals surface area (Å²) >= 11 is 1.62. The van der Waals surface area contributed by atoms with E-state index in [2.05, 4.69) is 47.2 Å². The lowest BCUT2D eigenvalue weighted by atomic mass is 10.1. The van der Waals surface area contributed by atoms with Gasteiger partial charge in [-0.25, -0.2) is 4.98 Å². The maximum atomic E-state index is 13.0. The highest BCUT2D eigenvalue weighted by Crippen LogP contribution is 2.26. The zero-order chi connectivity index (χ0) is 22.5. The molecule has 0 unspecified atom stereocenters. The zero-order valence-electron chi connectivity index (χ0n) is 19.3. The fourth-order valence-corrected chi connectivity index (χ4v) is 4.95. The van der Waals surface area contributed by atoms with Crippen LogP contribution in [0, 0.1) is 6.92 Å². The van der Waals surface area contributed by atoms with Gasteiger partial charge >= 0.3 is 0 Å². The number of piperazine rings is 1. The Kier molecular flexibility index (Phi) is 7.35. The maximum absolute atomic E-state index is 13.0. The van der Waals surface area contributed by atoms with Crippen LogP contribution in [0.15, 0.2) is 53.9 Å². The van der Waals surface area contributed by atoms with E-state index in [0.717, 1.165) is 60.2 Å². The van der Waals surface area contributed by atoms with Crippen LogP contribution in [0.5, 0.6) is 0 Å². The molecule has 1 aliphatic rings. The molecule has 6 heteroatoms. The van der Waals surface area contributed by atoms with Crippen molar-refractivity contribution < 1.29 is 4.79 Å². The monoisotopic (exact) mass is 448 g/mol. The highest BCUT2D eigenvalue weighted by Gasteiger charge is 2.17. The summed E-state index contributed by atoms with van der Waals surface area (Å²) in [6.45, 7) is 10.2. The van der Waals surface area contributed by atoms with Crippen molar-refractivity contribution in [2.45, 2.75) is 26.8 Å². The van der Waals surface area contributed by atoms with Gasteiger partial charge in [0.1, 0.15) is 5.01 Å². The minimum absolute atomic E-state index is 0.0822. The summed E-state index contributed by atoms with van der Waals surface area (Å²) in [7, 11) is 2.18. The van der Waals surface area contributed by atoms with E-state index in [1.54, 1.807) is 11.3 Å². The molecule has 0 bridgehead atoms. The Morgan fingerprint density at radius 1 is 1.09 bits per heavy atom. The normalized spacial score (nSPS) is 15.1. The molecule has 2 aromatic carbocycles. The molecular weight excluding hydrogens is 416 g/mol. The largest absolute Gasteiger partial charge is 0.312 e. The number of hydrogen-bond acceptors (Lipinski definition) is 5. The number of carbonyl (C=O) groups excluding carboxylic acids is 1. The summed E-state index contributed by atoms with van der Waals surface area (Å²) < 4.78 is 0. The van der Waals surface area contributed by atoms with E-state index >= 15 is 0 Å². The highest BCUT2D eigenvalue weighted by molar-refractivity contribution is 7.13. The van der Waals surface area contributed by atoms with Crippen molar-refractivity contribution in [2.75, 3.05) is 44.7 Å². The van der Waals surface area contributed by atoms with Crippen LogP contribution in [0.25, 0.3) is 10.6 Å². The second-order valence-corrected chi connectivity index (χ2v) is 9.44. The smallest absolute Gasteiger partial charge is 0.233 e. The van der Waals surface area contributed by atoms with Crippen molar-refractivity contribution in [1.29, 1.82) is 0 Å². The summed E-state index contributed by atoms with van der Waals surface area (Å²) in [6.07, 6.45) is 0.319. The maximum Gasteiger partial charge on any atom is 0.233 e. The van der Waals surface area contributed by atoms with Gasteiger partial charge in [-0.1, -0.05) is 30.3 Å². The molecular formula is C26H32N4OS. The van der Waals surface area contributed by atoms with Gasteiger partial charge in [0.25, 0.3) is 0 Å². The lowest BCUT2D eigenvalue weighted by molar-refractivity contribution is -0.118. The number of likely N-dealkylation sites (N-methyl/N-ethyl adjacent to an activating group) is 2. The molecule has 1 aliphatic heterocycles. The first-order valence-electron chi connectivity index (χ1n) is 11.3. The van der Waals surface area contributed by atoms with Crippen LogP contribution < -0.4 is 4.90 Å². The van der Waals surface area contributed by atoms with Crippen LogP contribution >= 0.6 is 11.3 Å². The van der Waals surface area contributed by atoms with Gasteiger partial charge in [0.15, 0.2) is 0 Å². The molecule has 32 heavy (non-hydrogen) atoms. The molecule has 0 aliphatic carbocycles. The molecule has 1 aromatic heterocycles. The Hall–Kier alpha value is -2.54. The van der Waals surface area contributed by atoms with Gasteiger partial charge in [0.2, 0.25) is 5.91 Å². The number of aryl methyl sites for hydroxylation is 1. The minimum Gasteiger partial charge on any atom is -0.312 e. The molecule has 0 N–H and O–H groups in total. The number of aromatic nitrogens is 1. The van der Waals surface area contributed by atoms with E-state index in [-0.39, 0.29) is 5.91 Å². The summed E-state index contributed by atoms with van der Waals surface area (Å²) in [5.41, 5.74) is 5.39. The predicted octanol–water partition coefficient (Wildman–Crippen LogP) is 4.46. The molecule has 0 radical (unpaired) electrons. The van der Waals surface area contributed by atoms with Gasteiger partial charge in [-0.3, -0.25) is 9.69 Å². The van der Waals surface area contributed by atoms with Crippen LogP contribution in [0.3, 0.4) is 0 Å². The van der Waals surface area contributed by atoms with Gasteiger partial charge < -0.3 is 9.80 Å². The number of carbonyl (C=O) groups is 1. The van der Waals surface area contributed by atoms with Crippen molar-refractivity contribution in [3.8, 4) is 10.6 Å². The van der Waals surface area contributed by atoms with Crippen molar-refractivity contribution in [1.82, 2.24) is 14.8 Å². The Bertz CT molecular complexity index is 1060. The fraction of sp³-hybridized carbons (Fsp3) is 0.385. The second-order valence-electron chi connectivity index (χ2n) is 8.58. The topological polar surface area (TPSA) is 39.7 Å². The van der Waals surface area contributed by atoms with E-state index in [4.69, 9.17) is 4.98 Å². The molecule has 1 amide bonds. The SMILES string of the molecule is CCN(C(=O)Cc1csc(-c2cccc(CN3CCN(C)CC3)c2)n1)c1cccc(C)c1. The van der Waals surface area contributed by atoms with Crippen LogP contribution in [-0.4, -0.2) is 60.5 Å². The summed E-state index contributed by atoms with van der Waals surface area (Å²) in [5.74, 6) is 0.0822. The van der Waals surface area contributed by atoms with Crippen LogP contribution in [0.2, 0.25) is 0 Å². The van der Waals surface area contributed by atoms with Crippen molar-refractivity contribution in [2.24, 2.45) is 0 Å². The number of rotatable bonds is 7. The first kappa shape index (κ1) is 22.6. The second kappa shape index (κ2) is 10.4. The highest BCUT2D eigenvalue weighted by atomic mass is 32.1. The van der Waals surface area contributed by atoms with E-state index in [1.807, 2.05) is 42.3 Å². The number of thiazole rings is 1. The molecule has 4 rings (SSSR count). The fourth-order valence-electron chi connectivity index (χ4n) is 4.14. The molecule has 1 saturated heterocycles. The first-order chi connectivity index (χ1) is 15.5. The number of hydrogen-bond donors (Lipinski definition) is 0. The molecule has 0 saturated carbocycles. The lowest BCUT2D eigenvalue weighted by Crippen LogP contribution is -2.43. The third kappa shape index (κ3) is 5.63. The molecule has 0 spiro atoms. The number of anilines is 1. The Labute approximate surface area is 195 Å². The molecule has 3 aromatic rings. The van der Waals surface area contributed by atoms with Gasteiger partial charge in [-0.05, 0) is 50.2 Å². The summed E-state index contributed by atoms with van der Waals surface area (Å²) in [4.78, 5) is 24.5. The third-order valence-corrected chi connectivity index (χ3v) is 6.93. The molecule has 1 fully saturated rings. The lowest BCUT2D eigenvalue weighted by Gasteiger charge is -2.32. The van der Waals surface area contributed by atoms with Gasteiger partial charge in [-0.15, -0.1) is 11.3 Å². The van der Waals surface area contributed by atoms with Crippen molar-refractivity contribution in [3.63, 3.8) is 0 Å². The number of nitrogens with zero attached hydrogens (tertiary/aromatic N) is 4. The quantitative estimate of drug-likeness (QED) is 0.535. The minimum atomic E-state index is 0.0822. The summed E-state index contributed by atoms with van der Waals surface area (Å²) in [6, 6.07) is 16.8. The van der Waals surface area contributed by atoms with Gasteiger partial charge in [-0.2, -0.15) is 0 Å². The third-order valence-electron chi connectivity index (χ3n) is 5.99. The first-order valence-corrected chi connectivity index (χ1v) is 12.2. The number of benzene rings is 2. The van der Waals surface area contributed by atoms with Crippen LogP contribution in [0.4, 0.5) is 5.69 Å². The summed E-state index contributed by atoms with van der Waals surface area (Å²) in [5, 5.41) is 3.00. The van der Waals surface area contributed by atoms with E-state index in [9.17, 15) is 4.79 Å². The Balaban J connectivity index is 1.42. The molecule has 2 heterocycles. The van der Waals surface area contributed by atoms with Crippen LogP contribution in [0.1, 0.15) is 23.7 Å². The van der Waals surface area contributed by atoms with Crippen molar-refractivity contribution in [3.05, 3.63) is 70.7 Å². The molecule has 168 valence electrons. The van der Waals surface area contributed by atoms with E-state index in [1.165, 1.54) is 5.56 Å². The zero-order valence-corrected chi connectivity index (χ0v) is 20.1. The van der Waals surface area contributed by atoms with E-state index in [0.29, 0.717) is 13.0 Å². The van der Waals surface area contributed by atoms with Gasteiger partial charge in [0, 0.05) is 55.9 Å². The predicted molar refractivity (Wildman–Crippen MR) is 133 cm³/mol. The van der Waals surface area contributed by atoms with Gasteiger partial charge in [0.05, 0.1) is 12.1 Å². The Morgan fingerprint density at radius 2 is 1.88 bits per heavy atom. The average molecular weight is 449 g/mol.